The van der Waals surface area contributed by atoms with Gasteiger partial charge in [-0.05, 0) is 34.7 Å². The van der Waals surface area contributed by atoms with E-state index in [4.69, 9.17) is 0 Å². The first-order chi connectivity index (χ1) is 14.6. The Hall–Kier alpha value is -3.11. The van der Waals surface area contributed by atoms with Gasteiger partial charge in [0.15, 0.2) is 5.82 Å². The molecule has 0 saturated heterocycles. The maximum absolute atomic E-state index is 12.8. The summed E-state index contributed by atoms with van der Waals surface area (Å²) in [5, 5.41) is 24.4. The van der Waals surface area contributed by atoms with Crippen LogP contribution in [0.1, 0.15) is 41.0 Å². The molecule has 0 fully saturated rings. The number of hydrogen-bond donors (Lipinski definition) is 1. The molecule has 10 heteroatoms. The van der Waals surface area contributed by atoms with Crippen molar-refractivity contribution >= 4 is 34.1 Å². The lowest BCUT2D eigenvalue weighted by molar-refractivity contribution is 0.102. The standard InChI is InChI=1S/C20H19N7OS2/c1-13(2)19-23-24-20(30-19)21-18(28)15-10-6-7-11-16(15)29-12-17-22-25-26-27(17)14-8-4-3-5-9-14/h3-11,13H,12H2,1-2H3,(H,21,24,28). The monoisotopic (exact) mass is 437 g/mol. The zero-order valence-corrected chi connectivity index (χ0v) is 18.0. The summed E-state index contributed by atoms with van der Waals surface area (Å²) < 4.78 is 1.70. The third kappa shape index (κ3) is 4.55. The molecule has 0 radical (unpaired) electrons. The lowest BCUT2D eigenvalue weighted by Crippen LogP contribution is -2.13. The molecule has 0 atom stereocenters. The number of para-hydroxylation sites is 1. The fourth-order valence-electron chi connectivity index (χ4n) is 2.67. The van der Waals surface area contributed by atoms with Crippen molar-refractivity contribution in [2.45, 2.75) is 30.4 Å². The molecule has 4 aromatic rings. The number of tetrazole rings is 1. The normalized spacial score (nSPS) is 11.0. The van der Waals surface area contributed by atoms with Crippen molar-refractivity contribution in [3.8, 4) is 5.69 Å². The van der Waals surface area contributed by atoms with E-state index >= 15 is 0 Å². The Morgan fingerprint density at radius 2 is 1.83 bits per heavy atom. The van der Waals surface area contributed by atoms with Gasteiger partial charge in [0.1, 0.15) is 5.01 Å². The van der Waals surface area contributed by atoms with Crippen molar-refractivity contribution in [2.24, 2.45) is 0 Å². The maximum Gasteiger partial charge on any atom is 0.258 e. The molecule has 0 aliphatic heterocycles. The number of amides is 1. The summed E-state index contributed by atoms with van der Waals surface area (Å²) in [7, 11) is 0. The summed E-state index contributed by atoms with van der Waals surface area (Å²) >= 11 is 2.90. The fourth-order valence-corrected chi connectivity index (χ4v) is 4.37. The Bertz CT molecular complexity index is 1140. The van der Waals surface area contributed by atoms with Gasteiger partial charge in [0.25, 0.3) is 5.91 Å². The molecule has 152 valence electrons. The summed E-state index contributed by atoms with van der Waals surface area (Å²) in [6.07, 6.45) is 0. The lowest BCUT2D eigenvalue weighted by Gasteiger charge is -2.09. The van der Waals surface area contributed by atoms with Gasteiger partial charge in [0.2, 0.25) is 5.13 Å². The third-order valence-electron chi connectivity index (χ3n) is 4.18. The number of aromatic nitrogens is 6. The topological polar surface area (TPSA) is 98.5 Å². The van der Waals surface area contributed by atoms with Gasteiger partial charge in [-0.3, -0.25) is 10.1 Å². The van der Waals surface area contributed by atoms with Crippen molar-refractivity contribution in [1.82, 2.24) is 30.4 Å². The van der Waals surface area contributed by atoms with Crippen molar-refractivity contribution in [1.29, 1.82) is 0 Å². The molecule has 1 amide bonds. The number of nitrogens with zero attached hydrogens (tertiary/aromatic N) is 6. The molecule has 2 aromatic carbocycles. The molecule has 30 heavy (non-hydrogen) atoms. The molecule has 0 unspecified atom stereocenters. The summed E-state index contributed by atoms with van der Waals surface area (Å²) in [6, 6.07) is 17.2. The second kappa shape index (κ2) is 9.14. The van der Waals surface area contributed by atoms with E-state index in [9.17, 15) is 4.79 Å². The van der Waals surface area contributed by atoms with Gasteiger partial charge in [-0.15, -0.1) is 27.1 Å². The molecule has 1 N–H and O–H groups in total. The number of benzene rings is 2. The van der Waals surface area contributed by atoms with E-state index < -0.39 is 0 Å². The molecule has 2 heterocycles. The molecule has 0 bridgehead atoms. The van der Waals surface area contributed by atoms with E-state index in [0.29, 0.717) is 22.3 Å². The van der Waals surface area contributed by atoms with Gasteiger partial charge in [-0.2, -0.15) is 4.68 Å². The Morgan fingerprint density at radius 1 is 1.07 bits per heavy atom. The van der Waals surface area contributed by atoms with Crippen LogP contribution in [0.2, 0.25) is 0 Å². The molecule has 8 nitrogen and oxygen atoms in total. The van der Waals surface area contributed by atoms with Crippen LogP contribution in [0.3, 0.4) is 0 Å². The van der Waals surface area contributed by atoms with Gasteiger partial charge < -0.3 is 0 Å². The Balaban J connectivity index is 1.49. The zero-order chi connectivity index (χ0) is 20.9. The quantitative estimate of drug-likeness (QED) is 0.433. The number of thioether (sulfide) groups is 1. The van der Waals surface area contributed by atoms with E-state index in [2.05, 4.69) is 31.0 Å². The van der Waals surface area contributed by atoms with Crippen LogP contribution in [0, 0.1) is 0 Å². The second-order valence-electron chi connectivity index (χ2n) is 6.68. The van der Waals surface area contributed by atoms with E-state index in [1.54, 1.807) is 10.7 Å². The molecule has 0 aliphatic rings. The van der Waals surface area contributed by atoms with Gasteiger partial charge in [-0.1, -0.05) is 55.5 Å². The van der Waals surface area contributed by atoms with Gasteiger partial charge >= 0.3 is 0 Å². The van der Waals surface area contributed by atoms with Crippen molar-refractivity contribution in [3.05, 3.63) is 71.0 Å². The Kier molecular flexibility index (Phi) is 6.15. The van der Waals surface area contributed by atoms with Gasteiger partial charge in [-0.25, -0.2) is 0 Å². The number of carbonyl (C=O) groups excluding carboxylic acids is 1. The molecule has 4 rings (SSSR count). The molecule has 0 saturated carbocycles. The third-order valence-corrected chi connectivity index (χ3v) is 6.39. The predicted octanol–water partition coefficient (Wildman–Crippen LogP) is 4.18. The highest BCUT2D eigenvalue weighted by Crippen LogP contribution is 2.28. The number of rotatable bonds is 7. The summed E-state index contributed by atoms with van der Waals surface area (Å²) in [4.78, 5) is 13.7. The first kappa shape index (κ1) is 20.2. The molecule has 2 aromatic heterocycles. The summed E-state index contributed by atoms with van der Waals surface area (Å²) in [6.45, 7) is 4.09. The van der Waals surface area contributed by atoms with Crippen LogP contribution in [-0.4, -0.2) is 36.3 Å². The van der Waals surface area contributed by atoms with Crippen LogP contribution in [0.15, 0.2) is 59.5 Å². The van der Waals surface area contributed by atoms with Gasteiger partial charge in [0.05, 0.1) is 17.0 Å². The van der Waals surface area contributed by atoms with Crippen LogP contribution in [-0.2, 0) is 5.75 Å². The van der Waals surface area contributed by atoms with Crippen molar-refractivity contribution < 1.29 is 4.79 Å². The second-order valence-corrected chi connectivity index (χ2v) is 8.71. The fraction of sp³-hybridized carbons (Fsp3) is 0.200. The van der Waals surface area contributed by atoms with E-state index in [1.165, 1.54) is 23.1 Å². The highest BCUT2D eigenvalue weighted by molar-refractivity contribution is 7.98. The molecule has 0 aliphatic carbocycles. The molecule has 0 spiro atoms. The highest BCUT2D eigenvalue weighted by Gasteiger charge is 2.16. The SMILES string of the molecule is CC(C)c1nnc(NC(=O)c2ccccc2SCc2nnnn2-c2ccccc2)s1. The highest BCUT2D eigenvalue weighted by atomic mass is 32.2. The smallest absolute Gasteiger partial charge is 0.258 e. The average Bonchev–Trinajstić information content (AvgIpc) is 3.43. The minimum absolute atomic E-state index is 0.216. The number of nitrogens with one attached hydrogen (secondary N) is 1. The average molecular weight is 438 g/mol. The summed E-state index contributed by atoms with van der Waals surface area (Å²) in [5.41, 5.74) is 1.46. The minimum atomic E-state index is -0.216. The summed E-state index contributed by atoms with van der Waals surface area (Å²) in [5.74, 6) is 1.27. The van der Waals surface area contributed by atoms with Crippen LogP contribution in [0.25, 0.3) is 5.69 Å². The van der Waals surface area contributed by atoms with Gasteiger partial charge in [0, 0.05) is 10.8 Å². The first-order valence-corrected chi connectivity index (χ1v) is 11.1. The first-order valence-electron chi connectivity index (χ1n) is 9.31. The molecular weight excluding hydrogens is 418 g/mol. The zero-order valence-electron chi connectivity index (χ0n) is 16.4. The van der Waals surface area contributed by atoms with Crippen LogP contribution >= 0.6 is 23.1 Å². The number of anilines is 1. The Labute approximate surface area is 181 Å². The van der Waals surface area contributed by atoms with Crippen LogP contribution < -0.4 is 5.32 Å². The van der Waals surface area contributed by atoms with E-state index in [1.807, 2.05) is 62.4 Å². The number of carbonyl (C=O) groups is 1. The molecular formula is C20H19N7OS2. The maximum atomic E-state index is 12.8. The largest absolute Gasteiger partial charge is 0.296 e. The van der Waals surface area contributed by atoms with Crippen LogP contribution in [0.4, 0.5) is 5.13 Å². The van der Waals surface area contributed by atoms with E-state index in [-0.39, 0.29) is 11.8 Å². The minimum Gasteiger partial charge on any atom is -0.296 e. The van der Waals surface area contributed by atoms with Crippen molar-refractivity contribution in [2.75, 3.05) is 5.32 Å². The lowest BCUT2D eigenvalue weighted by atomic mass is 10.2. The van der Waals surface area contributed by atoms with Crippen LogP contribution in [0.5, 0.6) is 0 Å². The Morgan fingerprint density at radius 3 is 2.60 bits per heavy atom. The van der Waals surface area contributed by atoms with Crippen molar-refractivity contribution in [3.63, 3.8) is 0 Å². The van der Waals surface area contributed by atoms with E-state index in [0.717, 1.165) is 15.6 Å². The predicted molar refractivity (Wildman–Crippen MR) is 117 cm³/mol. The number of hydrogen-bond acceptors (Lipinski definition) is 8.